The number of para-hydroxylation sites is 1. The molecule has 0 spiro atoms. The van der Waals surface area contributed by atoms with Gasteiger partial charge in [0.2, 0.25) is 10.2 Å². The minimum atomic E-state index is -3.97. The van der Waals surface area contributed by atoms with E-state index in [1.165, 1.54) is 23.3 Å². The van der Waals surface area contributed by atoms with Crippen molar-refractivity contribution in [1.29, 1.82) is 0 Å². The Morgan fingerprint density at radius 1 is 1.12 bits per heavy atom. The highest BCUT2D eigenvalue weighted by Crippen LogP contribution is 2.31. The Morgan fingerprint density at radius 3 is 2.69 bits per heavy atom. The SMILES string of the molecule is COC1CN(S(=O)(=O)c2nc3ccc(Cl)cc3s2)CC(=O)N1Cc1nc2ccccc2s1. The van der Waals surface area contributed by atoms with Gasteiger partial charge in [-0.25, -0.2) is 18.4 Å². The molecule has 1 unspecified atom stereocenters. The summed E-state index contributed by atoms with van der Waals surface area (Å²) in [6.45, 7) is -0.0276. The number of aromatic nitrogens is 2. The first-order chi connectivity index (χ1) is 15.3. The largest absolute Gasteiger partial charge is 0.360 e. The molecular weight excluding hydrogens is 492 g/mol. The molecule has 32 heavy (non-hydrogen) atoms. The van der Waals surface area contributed by atoms with Gasteiger partial charge in [0.15, 0.2) is 0 Å². The minimum Gasteiger partial charge on any atom is -0.360 e. The molecule has 5 rings (SSSR count). The smallest absolute Gasteiger partial charge is 0.271 e. The number of thiazole rings is 2. The molecule has 0 aliphatic carbocycles. The van der Waals surface area contributed by atoms with Gasteiger partial charge in [-0.1, -0.05) is 23.7 Å². The number of sulfonamides is 1. The Bertz CT molecular complexity index is 1400. The van der Waals surface area contributed by atoms with Crippen LogP contribution in [0.3, 0.4) is 0 Å². The molecule has 1 atom stereocenters. The van der Waals surface area contributed by atoms with Crippen molar-refractivity contribution in [1.82, 2.24) is 19.2 Å². The average Bonchev–Trinajstić information content (AvgIpc) is 3.38. The molecule has 0 radical (unpaired) electrons. The number of hydrogen-bond acceptors (Lipinski definition) is 8. The van der Waals surface area contributed by atoms with E-state index in [0.717, 1.165) is 30.9 Å². The number of hydrogen-bond donors (Lipinski definition) is 0. The fraction of sp³-hybridized carbons (Fsp3) is 0.250. The van der Waals surface area contributed by atoms with Crippen LogP contribution in [0.5, 0.6) is 0 Å². The number of nitrogens with zero attached hydrogens (tertiary/aromatic N) is 4. The predicted octanol–water partition coefficient (Wildman–Crippen LogP) is 3.57. The molecule has 12 heteroatoms. The first-order valence-electron chi connectivity index (χ1n) is 9.58. The first kappa shape index (κ1) is 21.7. The van der Waals surface area contributed by atoms with E-state index in [9.17, 15) is 13.2 Å². The maximum absolute atomic E-state index is 13.2. The number of fused-ring (bicyclic) bond motifs is 2. The Hall–Kier alpha value is -2.15. The third-order valence-corrected chi connectivity index (χ3v) is 9.59. The Morgan fingerprint density at radius 2 is 1.91 bits per heavy atom. The van der Waals surface area contributed by atoms with E-state index in [1.807, 2.05) is 24.3 Å². The Kier molecular flexibility index (Phi) is 5.64. The van der Waals surface area contributed by atoms with E-state index in [1.54, 1.807) is 18.2 Å². The summed E-state index contributed by atoms with van der Waals surface area (Å²) in [6.07, 6.45) is -0.734. The van der Waals surface area contributed by atoms with E-state index in [0.29, 0.717) is 15.2 Å². The van der Waals surface area contributed by atoms with Crippen molar-refractivity contribution in [2.45, 2.75) is 17.1 Å². The van der Waals surface area contributed by atoms with Crippen LogP contribution in [0.25, 0.3) is 20.4 Å². The van der Waals surface area contributed by atoms with Crippen molar-refractivity contribution in [3.05, 3.63) is 52.5 Å². The molecule has 1 fully saturated rings. The van der Waals surface area contributed by atoms with Gasteiger partial charge in [-0.2, -0.15) is 4.31 Å². The van der Waals surface area contributed by atoms with Crippen molar-refractivity contribution in [3.63, 3.8) is 0 Å². The highest BCUT2D eigenvalue weighted by Gasteiger charge is 2.40. The summed E-state index contributed by atoms with van der Waals surface area (Å²) in [7, 11) is -2.51. The molecule has 0 saturated carbocycles. The molecule has 3 heterocycles. The van der Waals surface area contributed by atoms with Gasteiger partial charge < -0.3 is 9.64 Å². The highest BCUT2D eigenvalue weighted by molar-refractivity contribution is 7.91. The van der Waals surface area contributed by atoms with Gasteiger partial charge in [-0.3, -0.25) is 4.79 Å². The van der Waals surface area contributed by atoms with Gasteiger partial charge in [0, 0.05) is 12.1 Å². The summed E-state index contributed by atoms with van der Waals surface area (Å²) >= 11 is 8.53. The van der Waals surface area contributed by atoms with Crippen molar-refractivity contribution in [3.8, 4) is 0 Å². The van der Waals surface area contributed by atoms with Crippen LogP contribution in [-0.4, -0.2) is 59.9 Å². The predicted molar refractivity (Wildman–Crippen MR) is 124 cm³/mol. The zero-order valence-electron chi connectivity index (χ0n) is 16.8. The van der Waals surface area contributed by atoms with Crippen LogP contribution in [0.2, 0.25) is 5.02 Å². The number of carbonyl (C=O) groups is 1. The molecule has 1 saturated heterocycles. The van der Waals surface area contributed by atoms with Crippen LogP contribution >= 0.6 is 34.3 Å². The van der Waals surface area contributed by atoms with Gasteiger partial charge in [-0.15, -0.1) is 22.7 Å². The summed E-state index contributed by atoms with van der Waals surface area (Å²) in [6, 6.07) is 12.7. The Labute approximate surface area is 197 Å². The number of benzene rings is 2. The van der Waals surface area contributed by atoms with Crippen LogP contribution in [0, 0.1) is 0 Å². The van der Waals surface area contributed by atoms with Crippen molar-refractivity contribution < 1.29 is 17.9 Å². The van der Waals surface area contributed by atoms with Gasteiger partial charge in [0.1, 0.15) is 11.2 Å². The van der Waals surface area contributed by atoms with Crippen LogP contribution in [-0.2, 0) is 26.1 Å². The van der Waals surface area contributed by atoms with E-state index in [4.69, 9.17) is 16.3 Å². The monoisotopic (exact) mass is 508 g/mol. The van der Waals surface area contributed by atoms with Crippen LogP contribution in [0.15, 0.2) is 46.8 Å². The molecule has 0 bridgehead atoms. The lowest BCUT2D eigenvalue weighted by molar-refractivity contribution is -0.153. The lowest BCUT2D eigenvalue weighted by Gasteiger charge is -2.38. The number of amides is 1. The normalized spacial score (nSPS) is 18.1. The molecule has 1 aliphatic rings. The van der Waals surface area contributed by atoms with Crippen LogP contribution in [0.1, 0.15) is 5.01 Å². The molecule has 1 amide bonds. The molecule has 8 nitrogen and oxygen atoms in total. The second kappa shape index (κ2) is 8.32. The standard InChI is InChI=1S/C20H17ClN4O4S3/c1-29-19-11-24(32(27,28)20-23-14-7-6-12(21)8-16(14)31-20)10-18(26)25(19)9-17-22-13-4-2-3-5-15(13)30-17/h2-8,19H,9-11H2,1H3. The number of halogens is 1. The molecular formula is C20H17ClN4O4S3. The van der Waals surface area contributed by atoms with Crippen molar-refractivity contribution in [2.75, 3.05) is 20.2 Å². The number of rotatable bonds is 5. The highest BCUT2D eigenvalue weighted by atomic mass is 35.5. The topological polar surface area (TPSA) is 92.7 Å². The summed E-state index contributed by atoms with van der Waals surface area (Å²) in [5.41, 5.74) is 1.41. The van der Waals surface area contributed by atoms with Crippen LogP contribution in [0.4, 0.5) is 0 Å². The lowest BCUT2D eigenvalue weighted by atomic mass is 10.3. The number of carbonyl (C=O) groups excluding carboxylic acids is 1. The lowest BCUT2D eigenvalue weighted by Crippen LogP contribution is -2.57. The van der Waals surface area contributed by atoms with E-state index < -0.39 is 16.3 Å². The minimum absolute atomic E-state index is 0.00610. The van der Waals surface area contributed by atoms with Gasteiger partial charge in [0.25, 0.3) is 10.0 Å². The second-order valence-corrected chi connectivity index (χ2v) is 11.9. The number of ether oxygens (including phenoxy) is 1. The van der Waals surface area contributed by atoms with E-state index in [2.05, 4.69) is 9.97 Å². The average molecular weight is 509 g/mol. The molecule has 2 aromatic heterocycles. The fourth-order valence-electron chi connectivity index (χ4n) is 3.55. The number of methoxy groups -OCH3 is 1. The summed E-state index contributed by atoms with van der Waals surface area (Å²) in [5, 5.41) is 1.27. The zero-order chi connectivity index (χ0) is 22.5. The van der Waals surface area contributed by atoms with Gasteiger partial charge in [0.05, 0.1) is 40.1 Å². The quantitative estimate of drug-likeness (QED) is 0.409. The maximum Gasteiger partial charge on any atom is 0.271 e. The summed E-state index contributed by atoms with van der Waals surface area (Å²) in [5.74, 6) is -0.352. The summed E-state index contributed by atoms with van der Waals surface area (Å²) in [4.78, 5) is 23.3. The van der Waals surface area contributed by atoms with Gasteiger partial charge in [-0.05, 0) is 30.3 Å². The Balaban J connectivity index is 1.39. The van der Waals surface area contributed by atoms with E-state index in [-0.39, 0.29) is 29.9 Å². The molecule has 1 aliphatic heterocycles. The summed E-state index contributed by atoms with van der Waals surface area (Å²) < 4.78 is 34.7. The number of piperazine rings is 1. The van der Waals surface area contributed by atoms with Crippen molar-refractivity contribution >= 4 is 70.6 Å². The molecule has 4 aromatic rings. The first-order valence-corrected chi connectivity index (χ1v) is 13.0. The third kappa shape index (κ3) is 3.89. The third-order valence-electron chi connectivity index (χ3n) is 5.15. The van der Waals surface area contributed by atoms with Crippen molar-refractivity contribution in [2.24, 2.45) is 0 Å². The van der Waals surface area contributed by atoms with Gasteiger partial charge >= 0.3 is 0 Å². The second-order valence-electron chi connectivity index (χ2n) is 7.18. The molecule has 0 N–H and O–H groups in total. The zero-order valence-corrected chi connectivity index (χ0v) is 20.0. The fourth-order valence-corrected chi connectivity index (χ4v) is 7.53. The molecule has 2 aromatic carbocycles. The van der Waals surface area contributed by atoms with E-state index >= 15 is 0 Å². The molecule has 166 valence electrons. The van der Waals surface area contributed by atoms with Crippen LogP contribution < -0.4 is 0 Å². The maximum atomic E-state index is 13.2.